The molecule has 0 atom stereocenters. The molecule has 0 rings (SSSR count). The van der Waals surface area contributed by atoms with Crippen molar-refractivity contribution in [3.63, 3.8) is 0 Å². The standard InChI is InChI=1S/C8H17Cl2N.No/c1-2-3-4-5-6-7-8-11(9)10;/h2-8H2,1H3;. The summed E-state index contributed by atoms with van der Waals surface area (Å²) in [5.74, 6) is 0. The SMILES string of the molecule is CCCCCCCCN(Cl)Cl.[No]. The number of nitrogens with zero attached hydrogens (tertiary/aromatic N) is 1. The Labute approximate surface area is 79.9 Å². The van der Waals surface area contributed by atoms with Gasteiger partial charge in [-0.15, -0.1) is 3.94 Å². The number of rotatable bonds is 7. The second kappa shape index (κ2) is 10.5. The molecule has 0 aromatic heterocycles. The van der Waals surface area contributed by atoms with Crippen molar-refractivity contribution in [1.29, 1.82) is 0 Å². The number of unbranched alkanes of at least 4 members (excludes halogenated alkanes) is 5. The number of hydrogen-bond donors (Lipinski definition) is 0. The molecule has 0 aliphatic heterocycles. The second-order valence-corrected chi connectivity index (χ2v) is 3.78. The van der Waals surface area contributed by atoms with Crippen molar-refractivity contribution in [1.82, 2.24) is 3.94 Å². The van der Waals surface area contributed by atoms with Gasteiger partial charge in [-0.25, -0.2) is 0 Å². The molecule has 0 radical (unpaired) electrons. The van der Waals surface area contributed by atoms with E-state index in [2.05, 4.69) is 6.92 Å². The third-order valence-corrected chi connectivity index (χ3v) is 2.02. The van der Waals surface area contributed by atoms with Crippen molar-refractivity contribution in [3.05, 3.63) is 0 Å². The predicted octanol–water partition coefficient (Wildman–Crippen LogP) is 3.96. The van der Waals surface area contributed by atoms with E-state index in [4.69, 9.17) is 23.6 Å². The fourth-order valence-corrected chi connectivity index (χ4v) is 1.25. The monoisotopic (exact) mass is 456 g/mol. The van der Waals surface area contributed by atoms with E-state index in [0.29, 0.717) is 0 Å². The van der Waals surface area contributed by atoms with E-state index in [-0.39, 0.29) is 0 Å². The molecule has 82 valence electrons. The molecular formula is C8H17Cl2NNo. The third-order valence-electron chi connectivity index (χ3n) is 1.68. The minimum Gasteiger partial charge on any atom is -0.132 e. The van der Waals surface area contributed by atoms with E-state index >= 15 is 0 Å². The molecule has 1 nitrogen and oxygen atoms in total. The van der Waals surface area contributed by atoms with E-state index in [1.165, 1.54) is 36.0 Å². The van der Waals surface area contributed by atoms with Crippen LogP contribution in [0.15, 0.2) is 0 Å². The van der Waals surface area contributed by atoms with Crippen LogP contribution >= 0.6 is 23.6 Å². The van der Waals surface area contributed by atoms with Gasteiger partial charge in [-0.1, -0.05) is 39.0 Å². The summed E-state index contributed by atoms with van der Waals surface area (Å²) in [4.78, 5) is 0. The van der Waals surface area contributed by atoms with Crippen LogP contribution in [0, 0.1) is 0 Å². The largest absolute Gasteiger partial charge is 0.132 e. The van der Waals surface area contributed by atoms with E-state index in [1.54, 1.807) is 0 Å². The Morgan fingerprint density at radius 1 is 0.917 bits per heavy atom. The van der Waals surface area contributed by atoms with Crippen LogP contribution < -0.4 is 0 Å². The van der Waals surface area contributed by atoms with E-state index in [1.807, 2.05) is 0 Å². The summed E-state index contributed by atoms with van der Waals surface area (Å²) in [6, 6.07) is 0. The van der Waals surface area contributed by atoms with Gasteiger partial charge in [0.25, 0.3) is 0 Å². The smallest absolute Gasteiger partial charge is 0.0304 e. The predicted molar refractivity (Wildman–Crippen MR) is 51.8 cm³/mol. The molecule has 0 saturated heterocycles. The van der Waals surface area contributed by atoms with Crippen molar-refractivity contribution in [2.45, 2.75) is 45.4 Å². The van der Waals surface area contributed by atoms with Crippen molar-refractivity contribution in [2.75, 3.05) is 6.54 Å². The first-order valence-corrected chi connectivity index (χ1v) is 5.04. The minimum absolute atomic E-state index is 0. The molecule has 0 fully saturated rings. The summed E-state index contributed by atoms with van der Waals surface area (Å²) in [5.41, 5.74) is 0. The molecule has 0 N–H and O–H groups in total. The molecule has 0 unspecified atom stereocenters. The summed E-state index contributed by atoms with van der Waals surface area (Å²) < 4.78 is 1.21. The number of hydrogen-bond acceptors (Lipinski definition) is 1. The molecule has 12 heavy (non-hydrogen) atoms. The quantitative estimate of drug-likeness (QED) is 0.414. The Kier molecular flexibility index (Phi) is 12.4. The molecule has 0 saturated carbocycles. The normalized spacial score (nSPS) is 10.0. The maximum Gasteiger partial charge on any atom is 0.0304 e. The van der Waals surface area contributed by atoms with Crippen LogP contribution in [-0.2, 0) is 0 Å². The first-order valence-electron chi connectivity index (χ1n) is 4.36. The van der Waals surface area contributed by atoms with E-state index in [0.717, 1.165) is 13.0 Å². The summed E-state index contributed by atoms with van der Waals surface area (Å²) in [6.45, 7) is 3.01. The van der Waals surface area contributed by atoms with Gasteiger partial charge in [-0.05, 0) is 30.0 Å². The average molecular weight is 457 g/mol. The van der Waals surface area contributed by atoms with Crippen molar-refractivity contribution in [3.8, 4) is 0 Å². The van der Waals surface area contributed by atoms with Gasteiger partial charge in [0.05, 0.1) is 0 Å². The fourth-order valence-electron chi connectivity index (χ4n) is 1.01. The van der Waals surface area contributed by atoms with Gasteiger partial charge in [0.2, 0.25) is 0 Å². The fraction of sp³-hybridized carbons (Fsp3) is 1.00. The molecule has 0 heterocycles. The molecular weight excluding hydrogens is 440 g/mol. The topological polar surface area (TPSA) is 3.24 Å². The molecule has 0 aromatic carbocycles. The molecule has 0 bridgehead atoms. The zero-order valence-corrected chi connectivity index (χ0v) is 11.2. The van der Waals surface area contributed by atoms with Crippen molar-refractivity contribution >= 4 is 23.6 Å². The van der Waals surface area contributed by atoms with Crippen LogP contribution in [0.25, 0.3) is 0 Å². The molecule has 4 heteroatoms. The van der Waals surface area contributed by atoms with E-state index < -0.39 is 0 Å². The molecule has 0 amide bonds. The van der Waals surface area contributed by atoms with Crippen LogP contribution in [-0.4, -0.2) is 10.5 Å². The molecule has 0 aliphatic rings. The summed E-state index contributed by atoms with van der Waals surface area (Å²) in [7, 11) is 0. The zero-order chi connectivity index (χ0) is 8.53. The van der Waals surface area contributed by atoms with Crippen molar-refractivity contribution < 1.29 is 0 Å². The Morgan fingerprint density at radius 2 is 1.42 bits per heavy atom. The molecule has 0 spiro atoms. The zero-order valence-electron chi connectivity index (χ0n) is 7.42. The van der Waals surface area contributed by atoms with Crippen LogP contribution in [0.5, 0.6) is 0 Å². The van der Waals surface area contributed by atoms with E-state index in [9.17, 15) is 0 Å². The Morgan fingerprint density at radius 3 is 1.92 bits per heavy atom. The van der Waals surface area contributed by atoms with Crippen molar-refractivity contribution in [2.24, 2.45) is 0 Å². The summed E-state index contributed by atoms with van der Waals surface area (Å²) >= 11 is 10.8. The van der Waals surface area contributed by atoms with Gasteiger partial charge in [0, 0.05) is 6.54 Å². The van der Waals surface area contributed by atoms with Gasteiger partial charge in [0.1, 0.15) is 0 Å². The Balaban J connectivity index is 0. The summed E-state index contributed by atoms with van der Waals surface area (Å²) in [6.07, 6.45) is 7.67. The van der Waals surface area contributed by atoms with Gasteiger partial charge in [-0.3, -0.25) is 0 Å². The third kappa shape index (κ3) is 12.2. The average Bonchev–Trinajstić information content (AvgIpc) is 1.96. The first-order chi connectivity index (χ1) is 5.27. The minimum atomic E-state index is 0. The maximum absolute atomic E-state index is 5.42. The Bertz CT molecular complexity index is 81.5. The molecule has 0 aromatic rings. The van der Waals surface area contributed by atoms with Crippen LogP contribution in [0.1, 0.15) is 45.4 Å². The van der Waals surface area contributed by atoms with Crippen LogP contribution in [0.4, 0.5) is 0 Å². The maximum atomic E-state index is 5.42. The van der Waals surface area contributed by atoms with Crippen LogP contribution in [0.2, 0.25) is 0 Å². The van der Waals surface area contributed by atoms with Gasteiger partial charge in [-0.2, -0.15) is 0 Å². The number of halogens is 2. The Hall–Kier alpha value is -0.460. The van der Waals surface area contributed by atoms with Gasteiger partial charge < -0.3 is 0 Å². The van der Waals surface area contributed by atoms with Gasteiger partial charge >= 0.3 is 0 Å². The summed E-state index contributed by atoms with van der Waals surface area (Å²) in [5, 5.41) is 0. The molecule has 0 aliphatic carbocycles. The second-order valence-electron chi connectivity index (χ2n) is 2.79. The van der Waals surface area contributed by atoms with Crippen LogP contribution in [0.3, 0.4) is 0 Å². The first kappa shape index (κ1) is 14.1. The van der Waals surface area contributed by atoms with Gasteiger partial charge in [0.15, 0.2) is 0 Å².